The van der Waals surface area contributed by atoms with Gasteiger partial charge in [0.25, 0.3) is 0 Å². The van der Waals surface area contributed by atoms with Crippen molar-refractivity contribution in [3.63, 3.8) is 0 Å². The number of hydrogen-bond donors (Lipinski definition) is 1. The average molecular weight is 384 g/mol. The summed E-state index contributed by atoms with van der Waals surface area (Å²) >= 11 is 0. The number of carbonyl (C=O) groups excluding carboxylic acids is 2. The second kappa shape index (κ2) is 9.78. The van der Waals surface area contributed by atoms with Gasteiger partial charge in [-0.2, -0.15) is 0 Å². The number of amides is 2. The summed E-state index contributed by atoms with van der Waals surface area (Å²) in [6.07, 6.45) is 0.167. The van der Waals surface area contributed by atoms with E-state index in [2.05, 4.69) is 19.2 Å². The van der Waals surface area contributed by atoms with Crippen LogP contribution in [0.4, 0.5) is 11.4 Å². The number of methoxy groups -OCH3 is 2. The van der Waals surface area contributed by atoms with Crippen LogP contribution in [0.1, 0.15) is 38.7 Å². The minimum absolute atomic E-state index is 0.105. The maximum Gasteiger partial charge on any atom is 0.226 e. The molecule has 0 saturated carbocycles. The van der Waals surface area contributed by atoms with Crippen LogP contribution < -0.4 is 19.7 Å². The van der Waals surface area contributed by atoms with Crippen molar-refractivity contribution in [2.24, 2.45) is 0 Å². The number of nitrogens with one attached hydrogen (secondary N) is 1. The third kappa shape index (κ3) is 5.49. The molecule has 2 amide bonds. The summed E-state index contributed by atoms with van der Waals surface area (Å²) in [6.45, 7) is 6.03. The Morgan fingerprint density at radius 1 is 1.04 bits per heavy atom. The first-order valence-electron chi connectivity index (χ1n) is 9.25. The molecule has 0 fully saturated rings. The van der Waals surface area contributed by atoms with Crippen molar-refractivity contribution in [1.29, 1.82) is 0 Å². The summed E-state index contributed by atoms with van der Waals surface area (Å²) in [5.41, 5.74) is 2.55. The predicted octanol–water partition coefficient (Wildman–Crippen LogP) is 4.21. The molecule has 2 aromatic carbocycles. The molecule has 2 rings (SSSR count). The van der Waals surface area contributed by atoms with Crippen LogP contribution in [0.2, 0.25) is 0 Å². The molecule has 0 aliphatic rings. The lowest BCUT2D eigenvalue weighted by Gasteiger charge is -2.22. The topological polar surface area (TPSA) is 67.9 Å². The first-order chi connectivity index (χ1) is 13.3. The van der Waals surface area contributed by atoms with Gasteiger partial charge in [-0.25, -0.2) is 0 Å². The van der Waals surface area contributed by atoms with Crippen LogP contribution in [0.15, 0.2) is 42.5 Å². The number of carbonyl (C=O) groups is 2. The van der Waals surface area contributed by atoms with Gasteiger partial charge in [0, 0.05) is 31.6 Å². The van der Waals surface area contributed by atoms with Gasteiger partial charge in [-0.3, -0.25) is 9.59 Å². The Hall–Kier alpha value is -3.02. The third-order valence-electron chi connectivity index (χ3n) is 4.50. The van der Waals surface area contributed by atoms with Crippen LogP contribution >= 0.6 is 0 Å². The lowest BCUT2D eigenvalue weighted by Crippen LogP contribution is -2.32. The number of hydrogen-bond acceptors (Lipinski definition) is 4. The molecule has 0 aliphatic carbocycles. The zero-order valence-corrected chi connectivity index (χ0v) is 17.1. The van der Waals surface area contributed by atoms with Gasteiger partial charge in [-0.05, 0) is 35.7 Å². The second-order valence-electron chi connectivity index (χ2n) is 6.78. The first kappa shape index (κ1) is 21.3. The van der Waals surface area contributed by atoms with Crippen LogP contribution in [-0.2, 0) is 9.59 Å². The Morgan fingerprint density at radius 3 is 2.25 bits per heavy atom. The van der Waals surface area contributed by atoms with Gasteiger partial charge >= 0.3 is 0 Å². The minimum Gasteiger partial charge on any atom is -0.497 e. The summed E-state index contributed by atoms with van der Waals surface area (Å²) in [6, 6.07) is 13.0. The molecular formula is C22H28N2O4. The van der Waals surface area contributed by atoms with Gasteiger partial charge in [0.15, 0.2) is 0 Å². The smallest absolute Gasteiger partial charge is 0.226 e. The molecule has 0 atom stereocenters. The molecule has 0 unspecified atom stereocenters. The van der Waals surface area contributed by atoms with E-state index < -0.39 is 0 Å². The molecule has 150 valence electrons. The molecule has 0 spiro atoms. The molecule has 0 aromatic heterocycles. The van der Waals surface area contributed by atoms with Crippen LogP contribution in [0.5, 0.6) is 11.5 Å². The van der Waals surface area contributed by atoms with E-state index >= 15 is 0 Å². The van der Waals surface area contributed by atoms with Crippen molar-refractivity contribution < 1.29 is 19.1 Å². The van der Waals surface area contributed by atoms with Gasteiger partial charge < -0.3 is 19.7 Å². The zero-order chi connectivity index (χ0) is 20.7. The van der Waals surface area contributed by atoms with Crippen molar-refractivity contribution in [3.8, 4) is 11.5 Å². The fourth-order valence-electron chi connectivity index (χ4n) is 2.84. The standard InChI is InChI=1S/C22H28N2O4/c1-15(2)17-6-8-18(9-7-17)24(16(3)25)13-12-22(26)23-20-11-10-19(27-4)14-21(20)28-5/h6-11,14-15H,12-13H2,1-5H3,(H,23,26). The SMILES string of the molecule is COc1ccc(NC(=O)CCN(C(C)=O)c2ccc(C(C)C)cc2)c(OC)c1. The average Bonchev–Trinajstić information content (AvgIpc) is 2.68. The van der Waals surface area contributed by atoms with E-state index in [0.717, 1.165) is 5.69 Å². The van der Waals surface area contributed by atoms with Crippen molar-refractivity contribution in [2.75, 3.05) is 31.0 Å². The molecule has 0 bridgehead atoms. The second-order valence-corrected chi connectivity index (χ2v) is 6.78. The quantitative estimate of drug-likeness (QED) is 0.740. The van der Waals surface area contributed by atoms with Crippen molar-refractivity contribution >= 4 is 23.2 Å². The molecule has 2 aromatic rings. The molecule has 0 radical (unpaired) electrons. The number of ether oxygens (including phenoxy) is 2. The third-order valence-corrected chi connectivity index (χ3v) is 4.50. The van der Waals surface area contributed by atoms with E-state index in [0.29, 0.717) is 29.6 Å². The predicted molar refractivity (Wildman–Crippen MR) is 111 cm³/mol. The van der Waals surface area contributed by atoms with Gasteiger partial charge in [0.1, 0.15) is 11.5 Å². The maximum atomic E-state index is 12.4. The Kier molecular flexibility index (Phi) is 7.44. The lowest BCUT2D eigenvalue weighted by atomic mass is 10.0. The number of rotatable bonds is 8. The lowest BCUT2D eigenvalue weighted by molar-refractivity contribution is -0.117. The molecule has 0 heterocycles. The summed E-state index contributed by atoms with van der Waals surface area (Å²) in [5, 5.41) is 2.83. The van der Waals surface area contributed by atoms with E-state index in [-0.39, 0.29) is 18.2 Å². The van der Waals surface area contributed by atoms with E-state index in [1.807, 2.05) is 24.3 Å². The molecule has 6 heteroatoms. The van der Waals surface area contributed by atoms with Gasteiger partial charge in [0.05, 0.1) is 19.9 Å². The monoisotopic (exact) mass is 384 g/mol. The number of nitrogens with zero attached hydrogens (tertiary/aromatic N) is 1. The highest BCUT2D eigenvalue weighted by molar-refractivity contribution is 5.95. The van der Waals surface area contributed by atoms with Crippen LogP contribution in [0.25, 0.3) is 0 Å². The van der Waals surface area contributed by atoms with Gasteiger partial charge in [0.2, 0.25) is 11.8 Å². The highest BCUT2D eigenvalue weighted by Gasteiger charge is 2.15. The first-order valence-corrected chi connectivity index (χ1v) is 9.25. The molecule has 6 nitrogen and oxygen atoms in total. The normalized spacial score (nSPS) is 10.5. The van der Waals surface area contributed by atoms with Crippen molar-refractivity contribution in [3.05, 3.63) is 48.0 Å². The summed E-state index contributed by atoms with van der Waals surface area (Å²) in [7, 11) is 3.10. The fraction of sp³-hybridized carbons (Fsp3) is 0.364. The summed E-state index contributed by atoms with van der Waals surface area (Å²) in [4.78, 5) is 26.1. The molecule has 0 aliphatic heterocycles. The molecule has 28 heavy (non-hydrogen) atoms. The Morgan fingerprint density at radius 2 is 1.71 bits per heavy atom. The Labute approximate surface area is 166 Å². The molecule has 0 saturated heterocycles. The van der Waals surface area contributed by atoms with Crippen molar-refractivity contribution in [1.82, 2.24) is 0 Å². The van der Waals surface area contributed by atoms with E-state index in [1.54, 1.807) is 30.2 Å². The summed E-state index contributed by atoms with van der Waals surface area (Å²) < 4.78 is 10.5. The van der Waals surface area contributed by atoms with E-state index in [4.69, 9.17) is 9.47 Å². The fourth-order valence-corrected chi connectivity index (χ4v) is 2.84. The van der Waals surface area contributed by atoms with E-state index in [1.165, 1.54) is 19.6 Å². The molecule has 1 N–H and O–H groups in total. The highest BCUT2D eigenvalue weighted by Crippen LogP contribution is 2.29. The Bertz CT molecular complexity index is 816. The van der Waals surface area contributed by atoms with E-state index in [9.17, 15) is 9.59 Å². The van der Waals surface area contributed by atoms with Gasteiger partial charge in [-0.15, -0.1) is 0 Å². The maximum absolute atomic E-state index is 12.4. The molecular weight excluding hydrogens is 356 g/mol. The summed E-state index contributed by atoms with van der Waals surface area (Å²) in [5.74, 6) is 1.27. The zero-order valence-electron chi connectivity index (χ0n) is 17.1. The minimum atomic E-state index is -0.200. The highest BCUT2D eigenvalue weighted by atomic mass is 16.5. The van der Waals surface area contributed by atoms with Crippen molar-refractivity contribution in [2.45, 2.75) is 33.1 Å². The van der Waals surface area contributed by atoms with Crippen LogP contribution in [0, 0.1) is 0 Å². The number of benzene rings is 2. The van der Waals surface area contributed by atoms with Crippen LogP contribution in [-0.4, -0.2) is 32.6 Å². The number of anilines is 2. The van der Waals surface area contributed by atoms with Crippen LogP contribution in [0.3, 0.4) is 0 Å². The Balaban J connectivity index is 2.03. The largest absolute Gasteiger partial charge is 0.497 e. The van der Waals surface area contributed by atoms with Gasteiger partial charge in [-0.1, -0.05) is 26.0 Å².